The molecule has 0 amide bonds. The summed E-state index contributed by atoms with van der Waals surface area (Å²) in [6, 6.07) is 0. The Balaban J connectivity index is 4.97. The van der Waals surface area contributed by atoms with Crippen LogP contribution in [-0.4, -0.2) is 37.1 Å². The number of quaternary nitrogens is 1. The lowest BCUT2D eigenvalue weighted by Gasteiger charge is -2.46. The van der Waals surface area contributed by atoms with Crippen LogP contribution in [0.3, 0.4) is 0 Å². The number of aliphatic carboxylic acids is 1. The molecule has 0 aromatic heterocycles. The molecule has 0 spiro atoms. The second-order valence-corrected chi connectivity index (χ2v) is 4.04. The molecule has 0 saturated heterocycles. The van der Waals surface area contributed by atoms with E-state index in [1.165, 1.54) is 0 Å². The third kappa shape index (κ3) is 1.61. The minimum Gasteiger partial charge on any atom is -0.544 e. The number of likely N-dealkylation sites (N-methyl/N-ethyl adjacent to an activating group) is 1. The van der Waals surface area contributed by atoms with Crippen molar-refractivity contribution in [1.29, 1.82) is 0 Å². The molecule has 0 bridgehead atoms. The largest absolute Gasteiger partial charge is 0.544 e. The zero-order chi connectivity index (χ0) is 9.99. The van der Waals surface area contributed by atoms with E-state index in [0.717, 1.165) is 0 Å². The molecule has 12 heavy (non-hydrogen) atoms. The van der Waals surface area contributed by atoms with Crippen LogP contribution in [0, 0.1) is 0 Å². The van der Waals surface area contributed by atoms with Crippen LogP contribution in [0.15, 0.2) is 0 Å². The van der Waals surface area contributed by atoms with E-state index in [0.29, 0.717) is 17.3 Å². The molecule has 0 aromatic carbocycles. The highest BCUT2D eigenvalue weighted by Gasteiger charge is 2.41. The fourth-order valence-corrected chi connectivity index (χ4v) is 1.76. The normalized spacial score (nSPS) is 13.1. The van der Waals surface area contributed by atoms with Crippen LogP contribution in [0.4, 0.5) is 0 Å². The maximum absolute atomic E-state index is 11.0. The van der Waals surface area contributed by atoms with E-state index in [1.54, 1.807) is 0 Å². The maximum Gasteiger partial charge on any atom is 0.138 e. The first kappa shape index (κ1) is 11.4. The van der Waals surface area contributed by atoms with Gasteiger partial charge in [-0.1, -0.05) is 13.8 Å². The number of carboxylic acids is 1. The molecule has 0 rings (SSSR count). The summed E-state index contributed by atoms with van der Waals surface area (Å²) in [6.07, 6.45) is 1.21. The third-order valence-corrected chi connectivity index (χ3v) is 2.83. The topological polar surface area (TPSA) is 40.1 Å². The Morgan fingerprint density at radius 2 is 1.58 bits per heavy atom. The lowest BCUT2D eigenvalue weighted by atomic mass is 9.89. The summed E-state index contributed by atoms with van der Waals surface area (Å²) in [5, 5.41) is 11.0. The quantitative estimate of drug-likeness (QED) is 0.561. The van der Waals surface area contributed by atoms with Crippen molar-refractivity contribution in [1.82, 2.24) is 0 Å². The zero-order valence-corrected chi connectivity index (χ0v) is 8.68. The average Bonchev–Trinajstić information content (AvgIpc) is 1.87. The molecule has 0 unspecified atom stereocenters. The summed E-state index contributed by atoms with van der Waals surface area (Å²) in [7, 11) is 5.68. The van der Waals surface area contributed by atoms with E-state index >= 15 is 0 Å². The van der Waals surface area contributed by atoms with E-state index in [1.807, 2.05) is 35.0 Å². The smallest absolute Gasteiger partial charge is 0.138 e. The fraction of sp³-hybridized carbons (Fsp3) is 0.889. The molecule has 0 fully saturated rings. The van der Waals surface area contributed by atoms with Gasteiger partial charge in [0.05, 0.1) is 21.1 Å². The number of carbonyl (C=O) groups excluding carboxylic acids is 1. The summed E-state index contributed by atoms with van der Waals surface area (Å²) < 4.78 is 0.419. The van der Waals surface area contributed by atoms with Gasteiger partial charge in [0.15, 0.2) is 0 Å². The Kier molecular flexibility index (Phi) is 3.27. The van der Waals surface area contributed by atoms with Crippen LogP contribution in [0.2, 0.25) is 0 Å². The van der Waals surface area contributed by atoms with Crippen LogP contribution in [0.1, 0.15) is 26.7 Å². The molecule has 0 saturated carbocycles. The average molecular weight is 173 g/mol. The molecular weight excluding hydrogens is 154 g/mol. The first-order chi connectivity index (χ1) is 5.31. The first-order valence-corrected chi connectivity index (χ1v) is 4.34. The van der Waals surface area contributed by atoms with Crippen LogP contribution < -0.4 is 5.11 Å². The summed E-state index contributed by atoms with van der Waals surface area (Å²) in [4.78, 5) is 11.0. The molecule has 0 N–H and O–H groups in total. The molecule has 0 heterocycles. The Morgan fingerprint density at radius 3 is 1.58 bits per heavy atom. The molecule has 0 aliphatic carbocycles. The Morgan fingerprint density at radius 1 is 1.25 bits per heavy atom. The molecule has 3 nitrogen and oxygen atoms in total. The number of hydrogen-bond acceptors (Lipinski definition) is 2. The highest BCUT2D eigenvalue weighted by Crippen LogP contribution is 2.25. The monoisotopic (exact) mass is 173 g/mol. The van der Waals surface area contributed by atoms with Gasteiger partial charge in [0.25, 0.3) is 0 Å². The number of nitrogens with zero attached hydrogens (tertiary/aromatic N) is 1. The van der Waals surface area contributed by atoms with E-state index < -0.39 is 11.5 Å². The van der Waals surface area contributed by atoms with E-state index in [9.17, 15) is 9.90 Å². The van der Waals surface area contributed by atoms with Gasteiger partial charge >= 0.3 is 0 Å². The molecular formula is C9H19NO2. The Labute approximate surface area is 74.6 Å². The minimum absolute atomic E-state index is 0.419. The van der Waals surface area contributed by atoms with Crippen molar-refractivity contribution < 1.29 is 14.4 Å². The van der Waals surface area contributed by atoms with Crippen molar-refractivity contribution in [3.8, 4) is 0 Å². The van der Waals surface area contributed by atoms with Crippen molar-refractivity contribution >= 4 is 5.97 Å². The van der Waals surface area contributed by atoms with Crippen LogP contribution in [0.5, 0.6) is 0 Å². The molecule has 3 heteroatoms. The standard InChI is InChI=1S/C9H19NO2/c1-6-9(7-2,8(11)12)10(3,4)5/h6-7H2,1-5H3. The number of carboxylic acid groups (broad SMARTS) is 1. The van der Waals surface area contributed by atoms with Crippen molar-refractivity contribution in [2.45, 2.75) is 32.2 Å². The van der Waals surface area contributed by atoms with Crippen molar-refractivity contribution in [3.05, 3.63) is 0 Å². The first-order valence-electron chi connectivity index (χ1n) is 4.34. The summed E-state index contributed by atoms with van der Waals surface area (Å²) >= 11 is 0. The Hall–Kier alpha value is -0.570. The SMILES string of the molecule is CCC(CC)(C(=O)[O-])[N+](C)(C)C. The summed E-state index contributed by atoms with van der Waals surface area (Å²) in [5.74, 6) is -0.944. The van der Waals surface area contributed by atoms with E-state index in [-0.39, 0.29) is 0 Å². The highest BCUT2D eigenvalue weighted by molar-refractivity contribution is 5.74. The van der Waals surface area contributed by atoms with Crippen LogP contribution in [0.25, 0.3) is 0 Å². The second-order valence-electron chi connectivity index (χ2n) is 4.04. The lowest BCUT2D eigenvalue weighted by Crippen LogP contribution is -2.65. The van der Waals surface area contributed by atoms with Gasteiger partial charge in [-0.05, 0) is 0 Å². The predicted octanol–water partition coefficient (Wildman–Crippen LogP) is 0.00130. The second kappa shape index (κ2) is 3.44. The van der Waals surface area contributed by atoms with Gasteiger partial charge in [0, 0.05) is 12.8 Å². The van der Waals surface area contributed by atoms with Crippen molar-refractivity contribution in [2.75, 3.05) is 21.1 Å². The van der Waals surface area contributed by atoms with Gasteiger partial charge in [-0.25, -0.2) is 0 Å². The van der Waals surface area contributed by atoms with Gasteiger partial charge in [0.2, 0.25) is 0 Å². The lowest BCUT2D eigenvalue weighted by molar-refractivity contribution is -0.916. The minimum atomic E-state index is -0.944. The molecule has 72 valence electrons. The van der Waals surface area contributed by atoms with Gasteiger partial charge < -0.3 is 14.4 Å². The number of carbonyl (C=O) groups is 1. The maximum atomic E-state index is 11.0. The van der Waals surface area contributed by atoms with Crippen LogP contribution in [-0.2, 0) is 4.79 Å². The molecule has 0 aromatic rings. The summed E-state index contributed by atoms with van der Waals surface area (Å²) in [5.41, 5.74) is -0.736. The van der Waals surface area contributed by atoms with Crippen molar-refractivity contribution in [2.24, 2.45) is 0 Å². The highest BCUT2D eigenvalue weighted by atomic mass is 16.4. The molecule has 0 atom stereocenters. The fourth-order valence-electron chi connectivity index (χ4n) is 1.76. The van der Waals surface area contributed by atoms with Gasteiger partial charge in [-0.15, -0.1) is 0 Å². The Bertz CT molecular complexity index is 166. The van der Waals surface area contributed by atoms with Gasteiger partial charge in [-0.2, -0.15) is 0 Å². The predicted molar refractivity (Wildman–Crippen MR) is 46.4 cm³/mol. The number of hydrogen-bond donors (Lipinski definition) is 0. The number of rotatable bonds is 4. The summed E-state index contributed by atoms with van der Waals surface area (Å²) in [6.45, 7) is 3.78. The molecule has 0 aliphatic rings. The van der Waals surface area contributed by atoms with Crippen LogP contribution >= 0.6 is 0 Å². The zero-order valence-electron chi connectivity index (χ0n) is 8.68. The third-order valence-electron chi connectivity index (χ3n) is 2.83. The van der Waals surface area contributed by atoms with E-state index in [2.05, 4.69) is 0 Å². The van der Waals surface area contributed by atoms with Gasteiger partial charge in [-0.3, -0.25) is 0 Å². The van der Waals surface area contributed by atoms with E-state index in [4.69, 9.17) is 0 Å². The molecule has 0 radical (unpaired) electrons. The van der Waals surface area contributed by atoms with Gasteiger partial charge in [0.1, 0.15) is 11.5 Å². The van der Waals surface area contributed by atoms with Crippen molar-refractivity contribution in [3.63, 3.8) is 0 Å². The molecule has 0 aliphatic heterocycles.